The zero-order chi connectivity index (χ0) is 72.1. The SMILES string of the molecule is Cc1ccc(N(c2cc3c(c4c2-c2ccccc2C4(C)C)-c2c(cc(N(c4ccc(C)cc4C)c4cccc5ccccc45)c4c2oc2ccccc24)C3(c2ccc(N(c3ccc(C(C)(C)C)cc3)c3ccc(C(C)(C)C)cc3)cc2)c2ccc([Si](C)(C)C)cc2)c2cccc3ccccc23)c(C)c1. The van der Waals surface area contributed by atoms with E-state index in [1.54, 1.807) is 0 Å². The first-order valence-electron chi connectivity index (χ1n) is 37.1. The van der Waals surface area contributed by atoms with E-state index < -0.39 is 18.9 Å². The normalized spacial score (nSPS) is 14.6. The van der Waals surface area contributed by atoms with Crippen LogP contribution in [0.3, 0.4) is 0 Å². The molecule has 0 saturated carbocycles. The molecule has 0 bridgehead atoms. The Bertz CT molecular complexity index is 5870. The van der Waals surface area contributed by atoms with Gasteiger partial charge in [0, 0.05) is 61.1 Å². The van der Waals surface area contributed by atoms with Crippen LogP contribution in [0, 0.1) is 27.7 Å². The quantitative estimate of drug-likeness (QED) is 0.114. The first-order valence-corrected chi connectivity index (χ1v) is 40.6. The molecule has 0 radical (unpaired) electrons. The van der Waals surface area contributed by atoms with Gasteiger partial charge in [0.1, 0.15) is 11.2 Å². The molecule has 2 aliphatic carbocycles. The lowest BCUT2D eigenvalue weighted by molar-refractivity contribution is 0.590. The van der Waals surface area contributed by atoms with Gasteiger partial charge in [0.2, 0.25) is 0 Å². The number of benzene rings is 14. The highest BCUT2D eigenvalue weighted by molar-refractivity contribution is 6.88. The van der Waals surface area contributed by atoms with E-state index in [9.17, 15) is 0 Å². The summed E-state index contributed by atoms with van der Waals surface area (Å²) in [4.78, 5) is 7.67. The minimum atomic E-state index is -1.88. The van der Waals surface area contributed by atoms with Crippen LogP contribution in [0.4, 0.5) is 51.2 Å². The molecule has 5 heteroatoms. The molecule has 104 heavy (non-hydrogen) atoms. The van der Waals surface area contributed by atoms with E-state index in [2.05, 4.69) is 396 Å². The fraction of sp³-hybridized carbons (Fsp3) is 0.192. The van der Waals surface area contributed by atoms with Gasteiger partial charge in [-0.3, -0.25) is 0 Å². The second kappa shape index (κ2) is 24.3. The van der Waals surface area contributed by atoms with Crippen LogP contribution in [0.2, 0.25) is 19.6 Å². The van der Waals surface area contributed by atoms with E-state index in [-0.39, 0.29) is 10.8 Å². The fourth-order valence-corrected chi connectivity index (χ4v) is 18.8. The number of hydrogen-bond acceptors (Lipinski definition) is 4. The summed E-state index contributed by atoms with van der Waals surface area (Å²) in [6.45, 7) is 35.2. The number of fused-ring (bicyclic) bond motifs is 13. The zero-order valence-electron chi connectivity index (χ0n) is 62.8. The molecule has 0 aliphatic heterocycles. The van der Waals surface area contributed by atoms with Gasteiger partial charge in [0.25, 0.3) is 0 Å². The first-order chi connectivity index (χ1) is 49.9. The van der Waals surface area contributed by atoms with Crippen molar-refractivity contribution in [3.8, 4) is 22.3 Å². The third-order valence-corrected chi connectivity index (χ3v) is 25.0. The maximum absolute atomic E-state index is 7.95. The van der Waals surface area contributed by atoms with Gasteiger partial charge in [0.05, 0.1) is 41.6 Å². The van der Waals surface area contributed by atoms with Gasteiger partial charge < -0.3 is 19.1 Å². The van der Waals surface area contributed by atoms with Gasteiger partial charge in [-0.15, -0.1) is 0 Å². The Kier molecular flexibility index (Phi) is 15.5. The van der Waals surface area contributed by atoms with E-state index >= 15 is 0 Å². The van der Waals surface area contributed by atoms with Gasteiger partial charge in [-0.1, -0.05) is 292 Å². The molecule has 512 valence electrons. The summed E-state index contributed by atoms with van der Waals surface area (Å²) < 4.78 is 7.95. The molecule has 0 N–H and O–H groups in total. The number of para-hydroxylation sites is 1. The lowest BCUT2D eigenvalue weighted by Crippen LogP contribution is -2.38. The highest BCUT2D eigenvalue weighted by Crippen LogP contribution is 2.68. The van der Waals surface area contributed by atoms with Crippen molar-refractivity contribution in [2.45, 2.75) is 124 Å². The van der Waals surface area contributed by atoms with Crippen LogP contribution in [0.15, 0.2) is 283 Å². The highest BCUT2D eigenvalue weighted by Gasteiger charge is 2.54. The summed E-state index contributed by atoms with van der Waals surface area (Å²) in [5.74, 6) is 0. The van der Waals surface area contributed by atoms with Crippen molar-refractivity contribution in [2.24, 2.45) is 0 Å². The Morgan fingerprint density at radius 1 is 0.356 bits per heavy atom. The minimum absolute atomic E-state index is 0.0175. The third-order valence-electron chi connectivity index (χ3n) is 22.9. The predicted octanol–water partition coefficient (Wildman–Crippen LogP) is 27.3. The summed E-state index contributed by atoms with van der Waals surface area (Å²) in [7, 11) is -1.88. The van der Waals surface area contributed by atoms with Crippen molar-refractivity contribution < 1.29 is 4.42 Å². The van der Waals surface area contributed by atoms with Gasteiger partial charge in [-0.2, -0.15) is 0 Å². The molecule has 14 aromatic carbocycles. The summed E-state index contributed by atoms with van der Waals surface area (Å²) in [6.07, 6.45) is 0. The Labute approximate surface area is 615 Å². The van der Waals surface area contributed by atoms with Crippen LogP contribution in [0.1, 0.15) is 122 Å². The highest BCUT2D eigenvalue weighted by atomic mass is 28.3. The molecule has 2 aliphatic rings. The van der Waals surface area contributed by atoms with Crippen molar-refractivity contribution in [1.29, 1.82) is 0 Å². The third kappa shape index (κ3) is 10.5. The number of aryl methyl sites for hydroxylation is 4. The molecule has 0 spiro atoms. The largest absolute Gasteiger partial charge is 0.455 e. The molecule has 0 fully saturated rings. The molecule has 0 saturated heterocycles. The Morgan fingerprint density at radius 3 is 1.32 bits per heavy atom. The van der Waals surface area contributed by atoms with Crippen molar-refractivity contribution >= 4 is 108 Å². The molecule has 17 rings (SSSR count). The van der Waals surface area contributed by atoms with E-state index in [1.165, 1.54) is 99.2 Å². The molecular formula is C99H91N3OSi. The lowest BCUT2D eigenvalue weighted by atomic mass is 9.66. The monoisotopic (exact) mass is 1370 g/mol. The number of nitrogens with zero attached hydrogens (tertiary/aromatic N) is 3. The lowest BCUT2D eigenvalue weighted by Gasteiger charge is -2.38. The number of anilines is 9. The van der Waals surface area contributed by atoms with E-state index in [0.717, 1.165) is 89.6 Å². The molecule has 1 unspecified atom stereocenters. The van der Waals surface area contributed by atoms with Crippen LogP contribution in [0.5, 0.6) is 0 Å². The smallest absolute Gasteiger partial charge is 0.145 e. The molecule has 1 atom stereocenters. The fourth-order valence-electron chi connectivity index (χ4n) is 17.7. The van der Waals surface area contributed by atoms with Crippen molar-refractivity contribution in [1.82, 2.24) is 0 Å². The van der Waals surface area contributed by atoms with Crippen LogP contribution in [-0.4, -0.2) is 8.07 Å². The summed E-state index contributed by atoms with van der Waals surface area (Å²) in [5.41, 5.74) is 29.5. The first kappa shape index (κ1) is 66.3. The van der Waals surface area contributed by atoms with Gasteiger partial charge in [-0.05, 0) is 195 Å². The van der Waals surface area contributed by atoms with E-state index in [4.69, 9.17) is 4.42 Å². The number of furan rings is 1. The van der Waals surface area contributed by atoms with Crippen molar-refractivity contribution in [2.75, 3.05) is 14.7 Å². The zero-order valence-corrected chi connectivity index (χ0v) is 63.8. The predicted molar refractivity (Wildman–Crippen MR) is 447 cm³/mol. The molecule has 15 aromatic rings. The molecule has 1 heterocycles. The van der Waals surface area contributed by atoms with Crippen LogP contribution < -0.4 is 19.9 Å². The molecule has 0 amide bonds. The topological polar surface area (TPSA) is 22.9 Å². The van der Waals surface area contributed by atoms with Crippen LogP contribution in [0.25, 0.3) is 65.7 Å². The standard InChI is InChI=1S/C99H91N3OSi/c1-62-38-56-83(64(3)58-62)101(85-35-24-28-66-26-16-18-30-76(66)85)87-60-81-92(94-90(87)78-32-20-22-34-80(78)98(94,11)12)93-82(61-88(91-79-33-21-23-37-89(79)103-95(91)93)102(84-57-39-63(2)59-65(84)4)86-36-25-29-67-27-17-19-31-77(67)86)99(81,71-46-54-75(55-47-71)104(13,14)15)70-44-52-74(53-45-70)100(72-48-40-68(41-49-72)96(5,6)7)73-50-42-69(43-51-73)97(8,9)10/h16-61H,1-15H3. The minimum Gasteiger partial charge on any atom is -0.455 e. The summed E-state index contributed by atoms with van der Waals surface area (Å²) in [5, 5.41) is 8.25. The second-order valence-corrected chi connectivity index (χ2v) is 38.2. The summed E-state index contributed by atoms with van der Waals surface area (Å²) in [6, 6.07) is 107. The van der Waals surface area contributed by atoms with E-state index in [1.807, 2.05) is 0 Å². The molecular weight excluding hydrogens is 1280 g/mol. The average Bonchev–Trinajstić information content (AvgIpc) is 1.49. The van der Waals surface area contributed by atoms with Gasteiger partial charge >= 0.3 is 0 Å². The maximum Gasteiger partial charge on any atom is 0.145 e. The Balaban J connectivity index is 1.07. The van der Waals surface area contributed by atoms with Gasteiger partial charge in [-0.25, -0.2) is 0 Å². The number of hydrogen-bond donors (Lipinski definition) is 0. The van der Waals surface area contributed by atoms with Crippen molar-refractivity contribution in [3.63, 3.8) is 0 Å². The Hall–Kier alpha value is -11.0. The molecule has 4 nitrogen and oxygen atoms in total. The average molecular weight is 1370 g/mol. The maximum atomic E-state index is 7.95. The Morgan fingerprint density at radius 2 is 0.798 bits per heavy atom. The van der Waals surface area contributed by atoms with E-state index in [0.29, 0.717) is 0 Å². The number of rotatable bonds is 12. The second-order valence-electron chi connectivity index (χ2n) is 33.2. The molecule has 1 aromatic heterocycles. The summed E-state index contributed by atoms with van der Waals surface area (Å²) >= 11 is 0. The van der Waals surface area contributed by atoms with Crippen LogP contribution in [-0.2, 0) is 21.7 Å². The van der Waals surface area contributed by atoms with Gasteiger partial charge in [0.15, 0.2) is 0 Å². The van der Waals surface area contributed by atoms with Crippen LogP contribution >= 0.6 is 0 Å². The van der Waals surface area contributed by atoms with Crippen molar-refractivity contribution in [3.05, 3.63) is 346 Å².